The van der Waals surface area contributed by atoms with Crippen LogP contribution in [-0.4, -0.2) is 77.3 Å². The molecule has 0 atom stereocenters. The molecule has 0 saturated carbocycles. The predicted octanol–water partition coefficient (Wildman–Crippen LogP) is 4.52. The van der Waals surface area contributed by atoms with Gasteiger partial charge in [0.15, 0.2) is 11.6 Å². The van der Waals surface area contributed by atoms with E-state index in [1.807, 2.05) is 12.1 Å². The molecule has 5 heterocycles. The molecular formula is C30H31FN6O4. The van der Waals surface area contributed by atoms with Crippen molar-refractivity contribution >= 4 is 40.9 Å². The maximum Gasteiger partial charge on any atom is 0.257 e. The highest BCUT2D eigenvalue weighted by atomic mass is 19.1. The van der Waals surface area contributed by atoms with Gasteiger partial charge in [-0.2, -0.15) is 0 Å². The summed E-state index contributed by atoms with van der Waals surface area (Å²) >= 11 is 0. The van der Waals surface area contributed by atoms with E-state index in [0.29, 0.717) is 43.0 Å². The summed E-state index contributed by atoms with van der Waals surface area (Å²) in [6, 6.07) is 8.00. The van der Waals surface area contributed by atoms with Gasteiger partial charge in [-0.1, -0.05) is 0 Å². The zero-order chi connectivity index (χ0) is 28.5. The minimum absolute atomic E-state index is 0.120. The number of nitrogens with zero attached hydrogens (tertiary/aromatic N) is 5. The predicted molar refractivity (Wildman–Crippen MR) is 153 cm³/mol. The van der Waals surface area contributed by atoms with Crippen LogP contribution in [0, 0.1) is 5.82 Å². The number of ether oxygens (including phenoxy) is 1. The Balaban J connectivity index is 1.34. The number of halogens is 1. The largest absolute Gasteiger partial charge is 0.496 e. The van der Waals surface area contributed by atoms with Crippen molar-refractivity contribution < 1.29 is 23.8 Å². The second-order valence-corrected chi connectivity index (χ2v) is 10.5. The summed E-state index contributed by atoms with van der Waals surface area (Å²) in [6.45, 7) is 2.77. The highest BCUT2D eigenvalue weighted by Crippen LogP contribution is 2.38. The fourth-order valence-electron chi connectivity index (χ4n) is 5.54. The Morgan fingerprint density at radius 2 is 1.90 bits per heavy atom. The maximum atomic E-state index is 15.6. The molecule has 3 aliphatic rings. The van der Waals surface area contributed by atoms with Gasteiger partial charge in [0, 0.05) is 44.4 Å². The summed E-state index contributed by atoms with van der Waals surface area (Å²) in [7, 11) is 1.44. The number of carbonyl (C=O) groups excluding carboxylic acids is 2. The Kier molecular flexibility index (Phi) is 7.36. The Labute approximate surface area is 236 Å². The number of benzene rings is 1. The number of likely N-dealkylation sites (tertiary alicyclic amines) is 1. The summed E-state index contributed by atoms with van der Waals surface area (Å²) in [6.07, 6.45) is 6.36. The molecule has 2 aromatic heterocycles. The number of Topliss-reactive ketones (excluding diaryl/α,β-unsaturated/α-hetero) is 1. The Hall–Kier alpha value is -4.38. The first-order valence-corrected chi connectivity index (χ1v) is 13.9. The van der Waals surface area contributed by atoms with Crippen LogP contribution < -0.4 is 15.0 Å². The van der Waals surface area contributed by atoms with Gasteiger partial charge in [0.1, 0.15) is 17.4 Å². The third kappa shape index (κ3) is 5.37. The zero-order valence-electron chi connectivity index (χ0n) is 22.8. The average molecular weight is 559 g/mol. The third-order valence-corrected chi connectivity index (χ3v) is 7.80. The Bertz CT molecular complexity index is 1510. The van der Waals surface area contributed by atoms with Crippen molar-refractivity contribution in [3.05, 3.63) is 53.5 Å². The summed E-state index contributed by atoms with van der Waals surface area (Å²) in [5.74, 6) is -0.139. The van der Waals surface area contributed by atoms with Crippen LogP contribution >= 0.6 is 0 Å². The van der Waals surface area contributed by atoms with E-state index in [1.165, 1.54) is 25.5 Å². The van der Waals surface area contributed by atoms with Crippen LogP contribution in [0.1, 0.15) is 52.8 Å². The molecule has 10 nitrogen and oxygen atoms in total. The van der Waals surface area contributed by atoms with E-state index >= 15 is 4.39 Å². The molecule has 0 unspecified atom stereocenters. The fraction of sp³-hybridized carbons (Fsp3) is 0.367. The molecule has 2 fully saturated rings. The number of hydrogen-bond donors (Lipinski definition) is 2. The van der Waals surface area contributed by atoms with E-state index in [0.717, 1.165) is 31.6 Å². The van der Waals surface area contributed by atoms with Gasteiger partial charge in [-0.3, -0.25) is 9.59 Å². The van der Waals surface area contributed by atoms with Crippen LogP contribution in [0.5, 0.6) is 5.75 Å². The number of aromatic nitrogens is 2. The fourth-order valence-corrected chi connectivity index (χ4v) is 5.54. The number of pyridine rings is 2. The molecule has 0 spiro atoms. The Morgan fingerprint density at radius 3 is 2.61 bits per heavy atom. The van der Waals surface area contributed by atoms with Gasteiger partial charge in [0.2, 0.25) is 0 Å². The molecule has 2 saturated heterocycles. The summed E-state index contributed by atoms with van der Waals surface area (Å²) < 4.78 is 21.1. The third-order valence-electron chi connectivity index (χ3n) is 7.80. The molecule has 212 valence electrons. The van der Waals surface area contributed by atoms with Crippen molar-refractivity contribution in [3.63, 3.8) is 0 Å². The number of piperidine rings is 1. The van der Waals surface area contributed by atoms with Crippen molar-refractivity contribution in [1.29, 1.82) is 0 Å². The van der Waals surface area contributed by atoms with Crippen molar-refractivity contribution in [2.24, 2.45) is 4.99 Å². The second kappa shape index (κ2) is 11.2. The van der Waals surface area contributed by atoms with Gasteiger partial charge in [0.05, 0.1) is 47.6 Å². The number of ketones is 1. The quantitative estimate of drug-likeness (QED) is 0.453. The molecule has 0 aliphatic carbocycles. The van der Waals surface area contributed by atoms with Gasteiger partial charge >= 0.3 is 0 Å². The summed E-state index contributed by atoms with van der Waals surface area (Å²) in [4.78, 5) is 43.2. The molecule has 6 rings (SSSR count). The highest BCUT2D eigenvalue weighted by Gasteiger charge is 2.27. The standard InChI is InChI=1S/C30H31FN6O4/c1-41-26-15-20(22(31)14-21(26)30(40)37-10-2-3-11-37)23-16-24(28-25(39)6-9-32-29(28)35-23)34-27-5-4-18(17-33-27)36-12-7-19(38)8-13-36/h4-5,9,14-17,19,38H,2-3,6-8,10-13H2,1H3,(H,33,34,35). The summed E-state index contributed by atoms with van der Waals surface area (Å²) in [5.41, 5.74) is 2.17. The number of fused-ring (bicyclic) bond motifs is 1. The molecule has 0 radical (unpaired) electrons. The van der Waals surface area contributed by atoms with E-state index in [-0.39, 0.29) is 52.6 Å². The van der Waals surface area contributed by atoms with Gasteiger partial charge in [-0.05, 0) is 56.0 Å². The van der Waals surface area contributed by atoms with E-state index in [2.05, 4.69) is 25.2 Å². The van der Waals surface area contributed by atoms with E-state index in [1.54, 1.807) is 17.2 Å². The molecule has 3 aromatic rings. The molecule has 11 heteroatoms. The first-order chi connectivity index (χ1) is 19.9. The number of aliphatic hydroxyl groups is 1. The molecular weight excluding hydrogens is 527 g/mol. The number of amides is 1. The van der Waals surface area contributed by atoms with Crippen LogP contribution in [0.4, 0.5) is 27.4 Å². The first kappa shape index (κ1) is 26.8. The Morgan fingerprint density at radius 1 is 1.12 bits per heavy atom. The van der Waals surface area contributed by atoms with Crippen LogP contribution in [-0.2, 0) is 0 Å². The number of aliphatic hydroxyl groups excluding tert-OH is 1. The lowest BCUT2D eigenvalue weighted by molar-refractivity contribution is 0.0788. The number of aliphatic imine (C=N–C) groups is 1. The molecule has 1 amide bonds. The lowest BCUT2D eigenvalue weighted by atomic mass is 10.0. The number of anilines is 3. The van der Waals surface area contributed by atoms with Crippen molar-refractivity contribution in [1.82, 2.24) is 14.9 Å². The SMILES string of the molecule is COc1cc(-c2cc(Nc3ccc(N4CCC(O)CC4)cn3)c3c(n2)N=CCC3=O)c(F)cc1C(=O)N1CCCC1. The molecule has 1 aromatic carbocycles. The molecule has 0 bridgehead atoms. The van der Waals surface area contributed by atoms with Crippen molar-refractivity contribution in [3.8, 4) is 17.0 Å². The lowest BCUT2D eigenvalue weighted by Gasteiger charge is -2.31. The second-order valence-electron chi connectivity index (χ2n) is 10.5. The molecule has 41 heavy (non-hydrogen) atoms. The number of rotatable bonds is 6. The topological polar surface area (TPSA) is 120 Å². The maximum absolute atomic E-state index is 15.6. The summed E-state index contributed by atoms with van der Waals surface area (Å²) in [5, 5.41) is 13.0. The van der Waals surface area contributed by atoms with Crippen molar-refractivity contribution in [2.75, 3.05) is 43.5 Å². The number of methoxy groups -OCH3 is 1. The first-order valence-electron chi connectivity index (χ1n) is 13.9. The van der Waals surface area contributed by atoms with E-state index < -0.39 is 5.82 Å². The minimum atomic E-state index is -0.632. The lowest BCUT2D eigenvalue weighted by Crippen LogP contribution is -2.35. The van der Waals surface area contributed by atoms with Gasteiger partial charge in [-0.15, -0.1) is 0 Å². The normalized spacial score (nSPS) is 17.1. The zero-order valence-corrected chi connectivity index (χ0v) is 22.8. The molecule has 2 N–H and O–H groups in total. The van der Waals surface area contributed by atoms with Crippen LogP contribution in [0.3, 0.4) is 0 Å². The minimum Gasteiger partial charge on any atom is -0.496 e. The number of hydrogen-bond acceptors (Lipinski definition) is 9. The average Bonchev–Trinajstić information content (AvgIpc) is 3.53. The van der Waals surface area contributed by atoms with Crippen LogP contribution in [0.15, 0.2) is 41.5 Å². The van der Waals surface area contributed by atoms with Crippen LogP contribution in [0.25, 0.3) is 11.3 Å². The van der Waals surface area contributed by atoms with Crippen molar-refractivity contribution in [2.45, 2.75) is 38.2 Å². The smallest absolute Gasteiger partial charge is 0.257 e. The van der Waals surface area contributed by atoms with E-state index in [4.69, 9.17) is 4.74 Å². The molecule has 3 aliphatic heterocycles. The van der Waals surface area contributed by atoms with Gasteiger partial charge in [-0.25, -0.2) is 19.4 Å². The highest BCUT2D eigenvalue weighted by molar-refractivity contribution is 6.13. The van der Waals surface area contributed by atoms with E-state index in [9.17, 15) is 14.7 Å². The monoisotopic (exact) mass is 558 g/mol. The number of nitrogens with one attached hydrogen (secondary N) is 1. The van der Waals surface area contributed by atoms with Gasteiger partial charge < -0.3 is 25.0 Å². The van der Waals surface area contributed by atoms with Crippen LogP contribution in [0.2, 0.25) is 0 Å². The van der Waals surface area contributed by atoms with Gasteiger partial charge in [0.25, 0.3) is 5.91 Å². The number of carbonyl (C=O) groups is 2.